The summed E-state index contributed by atoms with van der Waals surface area (Å²) in [6, 6.07) is 15.2. The van der Waals surface area contributed by atoms with Gasteiger partial charge >= 0.3 is 0 Å². The average Bonchev–Trinajstić information content (AvgIpc) is 2.84. The molecule has 1 aliphatic carbocycles. The van der Waals surface area contributed by atoms with Gasteiger partial charge in [-0.25, -0.2) is 0 Å². The number of pyridine rings is 1. The number of fused-ring (bicyclic) bond motifs is 1. The van der Waals surface area contributed by atoms with Crippen molar-refractivity contribution in [1.82, 2.24) is 4.98 Å². The molecule has 0 aliphatic heterocycles. The number of aromatic nitrogens is 1. The third kappa shape index (κ3) is 4.42. The second kappa shape index (κ2) is 9.36. The number of carbonyl (C=O) groups is 1. The number of ether oxygens (including phenoxy) is 3. The standard InChI is InChI=1S/C27H28N2O4/c1-16-11-20-21(15-22(18-9-7-6-8-10-18)29-23(20)12-17(16)2)27(30)28-19-13-24(31-3)26(33-5)25(14-19)32-4/h6-11,13-15,17H,12H2,1-5H3,(H,28,30). The summed E-state index contributed by atoms with van der Waals surface area (Å²) in [4.78, 5) is 18.4. The van der Waals surface area contributed by atoms with Crippen LogP contribution in [0.5, 0.6) is 17.2 Å². The van der Waals surface area contributed by atoms with E-state index in [0.29, 0.717) is 34.4 Å². The molecule has 1 aromatic heterocycles. The van der Waals surface area contributed by atoms with E-state index in [2.05, 4.69) is 25.2 Å². The second-order valence-corrected chi connectivity index (χ2v) is 8.14. The summed E-state index contributed by atoms with van der Waals surface area (Å²) >= 11 is 0. The van der Waals surface area contributed by atoms with E-state index >= 15 is 0 Å². The van der Waals surface area contributed by atoms with Crippen molar-refractivity contribution in [3.8, 4) is 28.5 Å². The van der Waals surface area contributed by atoms with Gasteiger partial charge in [0.05, 0.1) is 32.6 Å². The van der Waals surface area contributed by atoms with Gasteiger partial charge in [0.1, 0.15) is 0 Å². The molecule has 1 unspecified atom stereocenters. The highest BCUT2D eigenvalue weighted by molar-refractivity contribution is 6.08. The number of benzene rings is 2. The van der Waals surface area contributed by atoms with Gasteiger partial charge in [0.15, 0.2) is 11.5 Å². The molecule has 4 rings (SSSR count). The smallest absolute Gasteiger partial charge is 0.256 e. The summed E-state index contributed by atoms with van der Waals surface area (Å²) in [5, 5.41) is 3.00. The van der Waals surface area contributed by atoms with Crippen molar-refractivity contribution in [2.24, 2.45) is 5.92 Å². The zero-order valence-corrected chi connectivity index (χ0v) is 19.6. The molecular formula is C27H28N2O4. The first-order valence-electron chi connectivity index (χ1n) is 10.8. The molecule has 0 radical (unpaired) electrons. The number of rotatable bonds is 6. The maximum absolute atomic E-state index is 13.5. The Morgan fingerprint density at radius 3 is 2.27 bits per heavy atom. The summed E-state index contributed by atoms with van der Waals surface area (Å²) in [6.45, 7) is 4.28. The van der Waals surface area contributed by atoms with Crippen molar-refractivity contribution < 1.29 is 19.0 Å². The number of allylic oxidation sites excluding steroid dienone is 1. The number of methoxy groups -OCH3 is 3. The predicted molar refractivity (Wildman–Crippen MR) is 130 cm³/mol. The van der Waals surface area contributed by atoms with E-state index in [1.165, 1.54) is 5.57 Å². The van der Waals surface area contributed by atoms with Gasteiger partial charge in [-0.1, -0.05) is 48.9 Å². The van der Waals surface area contributed by atoms with E-state index in [4.69, 9.17) is 19.2 Å². The van der Waals surface area contributed by atoms with Crippen LogP contribution in [0.15, 0.2) is 54.1 Å². The molecule has 0 spiro atoms. The summed E-state index contributed by atoms with van der Waals surface area (Å²) < 4.78 is 16.2. The molecule has 6 heteroatoms. The number of hydrogen-bond acceptors (Lipinski definition) is 5. The molecule has 3 aromatic rings. The molecule has 1 atom stereocenters. The minimum absolute atomic E-state index is 0.223. The molecule has 0 bridgehead atoms. The van der Waals surface area contributed by atoms with E-state index in [-0.39, 0.29) is 5.91 Å². The van der Waals surface area contributed by atoms with Crippen LogP contribution in [0.3, 0.4) is 0 Å². The molecule has 170 valence electrons. The lowest BCUT2D eigenvalue weighted by Crippen LogP contribution is -2.19. The van der Waals surface area contributed by atoms with E-state index in [9.17, 15) is 4.79 Å². The Labute approximate surface area is 194 Å². The van der Waals surface area contributed by atoms with E-state index in [0.717, 1.165) is 28.9 Å². The number of hydrogen-bond donors (Lipinski definition) is 1. The maximum Gasteiger partial charge on any atom is 0.256 e. The molecular weight excluding hydrogens is 416 g/mol. The van der Waals surface area contributed by atoms with Gasteiger partial charge in [-0.05, 0) is 25.3 Å². The zero-order chi connectivity index (χ0) is 23.5. The van der Waals surface area contributed by atoms with Crippen molar-refractivity contribution in [3.63, 3.8) is 0 Å². The third-order valence-electron chi connectivity index (χ3n) is 6.02. The Morgan fingerprint density at radius 1 is 1.00 bits per heavy atom. The molecule has 1 aliphatic rings. The fourth-order valence-corrected chi connectivity index (χ4v) is 4.04. The first-order chi connectivity index (χ1) is 15.9. The normalized spacial score (nSPS) is 14.7. The van der Waals surface area contributed by atoms with Gasteiger partial charge in [0.2, 0.25) is 5.75 Å². The third-order valence-corrected chi connectivity index (χ3v) is 6.02. The van der Waals surface area contributed by atoms with Gasteiger partial charge < -0.3 is 19.5 Å². The van der Waals surface area contributed by atoms with E-state index < -0.39 is 0 Å². The minimum atomic E-state index is -0.223. The van der Waals surface area contributed by atoms with Crippen LogP contribution in [0, 0.1) is 5.92 Å². The van der Waals surface area contributed by atoms with Crippen LogP contribution >= 0.6 is 0 Å². The molecule has 0 saturated heterocycles. The summed E-state index contributed by atoms with van der Waals surface area (Å²) in [6.07, 6.45) is 2.87. The number of nitrogens with zero attached hydrogens (tertiary/aromatic N) is 1. The van der Waals surface area contributed by atoms with Gasteiger partial charge in [0, 0.05) is 34.6 Å². The van der Waals surface area contributed by atoms with E-state index in [1.807, 2.05) is 36.4 Å². The first-order valence-corrected chi connectivity index (χ1v) is 10.8. The van der Waals surface area contributed by atoms with Crippen LogP contribution in [0.4, 0.5) is 5.69 Å². The number of amides is 1. The summed E-state index contributed by atoms with van der Waals surface area (Å²) in [5.41, 5.74) is 5.92. The van der Waals surface area contributed by atoms with E-state index in [1.54, 1.807) is 33.5 Å². The molecule has 6 nitrogen and oxygen atoms in total. The maximum atomic E-state index is 13.5. The molecule has 2 aromatic carbocycles. The highest BCUT2D eigenvalue weighted by Gasteiger charge is 2.24. The quantitative estimate of drug-likeness (QED) is 0.534. The monoisotopic (exact) mass is 444 g/mol. The molecule has 1 amide bonds. The topological polar surface area (TPSA) is 69.7 Å². The average molecular weight is 445 g/mol. The fourth-order valence-electron chi connectivity index (χ4n) is 4.04. The number of carbonyl (C=O) groups excluding carboxylic acids is 1. The summed E-state index contributed by atoms with van der Waals surface area (Å²) in [7, 11) is 4.63. The Hall–Kier alpha value is -3.80. The van der Waals surface area contributed by atoms with Crippen molar-refractivity contribution in [2.45, 2.75) is 20.3 Å². The number of anilines is 1. The molecule has 1 N–H and O–H groups in total. The second-order valence-electron chi connectivity index (χ2n) is 8.14. The zero-order valence-electron chi connectivity index (χ0n) is 19.6. The Morgan fingerprint density at radius 2 is 1.67 bits per heavy atom. The van der Waals surface area contributed by atoms with Gasteiger partial charge in [-0.2, -0.15) is 0 Å². The van der Waals surface area contributed by atoms with Crippen LogP contribution in [0.2, 0.25) is 0 Å². The highest BCUT2D eigenvalue weighted by atomic mass is 16.5. The van der Waals surface area contributed by atoms with Crippen molar-refractivity contribution in [2.75, 3.05) is 26.6 Å². The Kier molecular flexibility index (Phi) is 6.36. The van der Waals surface area contributed by atoms with Gasteiger partial charge in [0.25, 0.3) is 5.91 Å². The first kappa shape index (κ1) is 22.4. The molecule has 1 heterocycles. The lowest BCUT2D eigenvalue weighted by molar-refractivity contribution is 0.102. The van der Waals surface area contributed by atoms with Crippen LogP contribution in [0.1, 0.15) is 35.5 Å². The predicted octanol–water partition coefficient (Wildman–Crippen LogP) is 5.62. The SMILES string of the molecule is COc1cc(NC(=O)c2cc(-c3ccccc3)nc3c2C=C(C)C(C)C3)cc(OC)c1OC. The molecule has 0 fully saturated rings. The fraction of sp³-hybridized carbons (Fsp3) is 0.259. The highest BCUT2D eigenvalue weighted by Crippen LogP contribution is 2.40. The van der Waals surface area contributed by atoms with Crippen LogP contribution in [-0.4, -0.2) is 32.2 Å². The lowest BCUT2D eigenvalue weighted by atomic mass is 9.85. The van der Waals surface area contributed by atoms with Crippen molar-refractivity contribution >= 4 is 17.7 Å². The molecule has 33 heavy (non-hydrogen) atoms. The largest absolute Gasteiger partial charge is 0.493 e. The number of nitrogens with one attached hydrogen (secondary N) is 1. The lowest BCUT2D eigenvalue weighted by Gasteiger charge is -2.23. The van der Waals surface area contributed by atoms with Crippen LogP contribution < -0.4 is 19.5 Å². The van der Waals surface area contributed by atoms with Crippen molar-refractivity contribution in [3.05, 3.63) is 70.9 Å². The van der Waals surface area contributed by atoms with Crippen molar-refractivity contribution in [1.29, 1.82) is 0 Å². The Balaban J connectivity index is 1.79. The Bertz CT molecular complexity index is 1190. The summed E-state index contributed by atoms with van der Waals surface area (Å²) in [5.74, 6) is 1.57. The van der Waals surface area contributed by atoms with Crippen LogP contribution in [-0.2, 0) is 6.42 Å². The van der Waals surface area contributed by atoms with Gasteiger partial charge in [-0.3, -0.25) is 9.78 Å². The van der Waals surface area contributed by atoms with Gasteiger partial charge in [-0.15, -0.1) is 0 Å². The van der Waals surface area contributed by atoms with Crippen LogP contribution in [0.25, 0.3) is 17.3 Å². The minimum Gasteiger partial charge on any atom is -0.493 e. The molecule has 0 saturated carbocycles.